The van der Waals surface area contributed by atoms with Gasteiger partial charge in [-0.2, -0.15) is 0 Å². The Labute approximate surface area is 154 Å². The Morgan fingerprint density at radius 2 is 2.04 bits per heavy atom. The first-order valence-electron chi connectivity index (χ1n) is 8.25. The van der Waals surface area contributed by atoms with Crippen molar-refractivity contribution < 1.29 is 13.6 Å². The lowest BCUT2D eigenvalue weighted by Gasteiger charge is -2.21. The van der Waals surface area contributed by atoms with Crippen molar-refractivity contribution in [1.29, 1.82) is 0 Å². The van der Waals surface area contributed by atoms with Crippen LogP contribution in [0.15, 0.2) is 45.7 Å². The number of rotatable bonds is 3. The number of nitrogens with zero attached hydrogens (tertiary/aromatic N) is 1. The molecule has 3 nitrogen and oxygen atoms in total. The van der Waals surface area contributed by atoms with E-state index in [1.165, 1.54) is 23.9 Å². The van der Waals surface area contributed by atoms with E-state index in [0.717, 1.165) is 25.7 Å². The molecule has 0 radical (unpaired) electrons. The largest absolute Gasteiger partial charge is 0.457 e. The summed E-state index contributed by atoms with van der Waals surface area (Å²) in [4.78, 5) is 15.0. The van der Waals surface area contributed by atoms with Gasteiger partial charge in [0, 0.05) is 17.7 Å². The molecule has 2 aromatic rings. The number of carbonyl (C=O) groups is 1. The quantitative estimate of drug-likeness (QED) is 0.545. The topological polar surface area (TPSA) is 33.5 Å². The molecule has 0 atom stereocenters. The Morgan fingerprint density at radius 3 is 2.80 bits per heavy atom. The average molecular weight is 373 g/mol. The third kappa shape index (κ3) is 3.28. The van der Waals surface area contributed by atoms with Crippen LogP contribution < -0.4 is 0 Å². The molecule has 6 heteroatoms. The maximum atomic E-state index is 13.4. The highest BCUT2D eigenvalue weighted by Crippen LogP contribution is 2.38. The number of furan rings is 1. The van der Waals surface area contributed by atoms with Crippen LogP contribution in [0.25, 0.3) is 17.4 Å². The molecular formula is C19H16FNO2S2. The normalized spacial score (nSPS) is 20.2. The van der Waals surface area contributed by atoms with E-state index in [-0.39, 0.29) is 17.8 Å². The number of halogens is 1. The number of thioether (sulfide) groups is 1. The van der Waals surface area contributed by atoms with Gasteiger partial charge in [-0.25, -0.2) is 4.39 Å². The summed E-state index contributed by atoms with van der Waals surface area (Å²) in [7, 11) is 0. The molecule has 1 aliphatic carbocycles. The Hall–Kier alpha value is -1.92. The number of hydrogen-bond donors (Lipinski definition) is 0. The highest BCUT2D eigenvalue weighted by Gasteiger charge is 2.38. The second-order valence-corrected chi connectivity index (χ2v) is 7.88. The van der Waals surface area contributed by atoms with E-state index in [4.69, 9.17) is 16.6 Å². The van der Waals surface area contributed by atoms with Crippen LogP contribution in [0, 0.1) is 5.82 Å². The molecule has 1 amide bonds. The molecule has 1 saturated heterocycles. The number of amides is 1. The van der Waals surface area contributed by atoms with Gasteiger partial charge < -0.3 is 4.42 Å². The fraction of sp³-hybridized carbons (Fsp3) is 0.263. The van der Waals surface area contributed by atoms with E-state index < -0.39 is 0 Å². The van der Waals surface area contributed by atoms with Gasteiger partial charge in [-0.1, -0.05) is 49.0 Å². The average Bonchev–Trinajstić information content (AvgIpc) is 3.30. The van der Waals surface area contributed by atoms with Crippen LogP contribution in [0.1, 0.15) is 31.4 Å². The van der Waals surface area contributed by atoms with Crippen molar-refractivity contribution >= 4 is 40.3 Å². The number of thiocarbonyl (C=S) groups is 1. The minimum atomic E-state index is -0.312. The highest BCUT2D eigenvalue weighted by molar-refractivity contribution is 8.26. The molecule has 0 N–H and O–H groups in total. The molecule has 25 heavy (non-hydrogen) atoms. The molecule has 1 aromatic heterocycles. The molecule has 4 rings (SSSR count). The monoisotopic (exact) mass is 373 g/mol. The van der Waals surface area contributed by atoms with Gasteiger partial charge in [0.1, 0.15) is 21.7 Å². The van der Waals surface area contributed by atoms with Crippen molar-refractivity contribution in [3.05, 3.63) is 52.9 Å². The molecule has 0 spiro atoms. The summed E-state index contributed by atoms with van der Waals surface area (Å²) >= 11 is 6.72. The number of benzene rings is 1. The summed E-state index contributed by atoms with van der Waals surface area (Å²) in [5.74, 6) is 0.779. The van der Waals surface area contributed by atoms with Crippen LogP contribution >= 0.6 is 24.0 Å². The summed E-state index contributed by atoms with van der Waals surface area (Å²) in [6, 6.07) is 10.0. The fourth-order valence-electron chi connectivity index (χ4n) is 3.31. The van der Waals surface area contributed by atoms with Gasteiger partial charge >= 0.3 is 0 Å². The molecular weight excluding hydrogens is 357 g/mol. The van der Waals surface area contributed by atoms with Crippen LogP contribution in [-0.2, 0) is 4.79 Å². The molecule has 1 aromatic carbocycles. The highest BCUT2D eigenvalue weighted by atomic mass is 32.2. The SMILES string of the molecule is O=C1/C(=C\c2ccc(-c3cccc(F)c3)o2)SC(=S)N1C1CCCC1. The first kappa shape index (κ1) is 16.5. The van der Waals surface area contributed by atoms with E-state index in [1.807, 2.05) is 0 Å². The second-order valence-electron chi connectivity index (χ2n) is 6.20. The molecule has 1 saturated carbocycles. The van der Waals surface area contributed by atoms with Crippen LogP contribution in [0.2, 0.25) is 0 Å². The number of carbonyl (C=O) groups excluding carboxylic acids is 1. The van der Waals surface area contributed by atoms with Gasteiger partial charge in [0.05, 0.1) is 4.91 Å². The van der Waals surface area contributed by atoms with Crippen LogP contribution in [0.4, 0.5) is 4.39 Å². The van der Waals surface area contributed by atoms with Crippen LogP contribution in [0.3, 0.4) is 0 Å². The summed E-state index contributed by atoms with van der Waals surface area (Å²) in [6.45, 7) is 0. The number of hydrogen-bond acceptors (Lipinski definition) is 4. The molecule has 0 bridgehead atoms. The second kappa shape index (κ2) is 6.77. The molecule has 2 heterocycles. The van der Waals surface area contributed by atoms with Gasteiger partial charge in [0.2, 0.25) is 0 Å². The summed E-state index contributed by atoms with van der Waals surface area (Å²) in [5, 5.41) is 0. The minimum Gasteiger partial charge on any atom is -0.457 e. The third-order valence-corrected chi connectivity index (χ3v) is 5.85. The van der Waals surface area contributed by atoms with E-state index in [2.05, 4.69) is 0 Å². The van der Waals surface area contributed by atoms with Crippen molar-refractivity contribution in [1.82, 2.24) is 4.90 Å². The van der Waals surface area contributed by atoms with Crippen molar-refractivity contribution in [2.75, 3.05) is 0 Å². The Balaban J connectivity index is 1.57. The zero-order chi connectivity index (χ0) is 17.4. The lowest BCUT2D eigenvalue weighted by molar-refractivity contribution is -0.123. The molecule has 128 valence electrons. The van der Waals surface area contributed by atoms with E-state index >= 15 is 0 Å². The summed E-state index contributed by atoms with van der Waals surface area (Å²) < 4.78 is 19.7. The van der Waals surface area contributed by atoms with Gasteiger partial charge in [-0.3, -0.25) is 9.69 Å². The maximum absolute atomic E-state index is 13.4. The first-order valence-corrected chi connectivity index (χ1v) is 9.47. The predicted octanol–water partition coefficient (Wildman–Crippen LogP) is 5.23. The van der Waals surface area contributed by atoms with Gasteiger partial charge in [0.15, 0.2) is 0 Å². The van der Waals surface area contributed by atoms with Gasteiger partial charge in [-0.05, 0) is 37.1 Å². The van der Waals surface area contributed by atoms with Crippen LogP contribution in [-0.4, -0.2) is 21.2 Å². The Morgan fingerprint density at radius 1 is 1.24 bits per heavy atom. The third-order valence-electron chi connectivity index (χ3n) is 4.52. The molecule has 2 fully saturated rings. The predicted molar refractivity (Wildman–Crippen MR) is 101 cm³/mol. The van der Waals surface area contributed by atoms with Crippen LogP contribution in [0.5, 0.6) is 0 Å². The fourth-order valence-corrected chi connectivity index (χ4v) is 4.69. The minimum absolute atomic E-state index is 0.0365. The summed E-state index contributed by atoms with van der Waals surface area (Å²) in [6.07, 6.45) is 6.05. The maximum Gasteiger partial charge on any atom is 0.266 e. The summed E-state index contributed by atoms with van der Waals surface area (Å²) in [5.41, 5.74) is 0.665. The molecule has 0 unspecified atom stereocenters. The van der Waals surface area contributed by atoms with E-state index in [1.54, 1.807) is 35.2 Å². The lowest BCUT2D eigenvalue weighted by Crippen LogP contribution is -2.36. The van der Waals surface area contributed by atoms with Gasteiger partial charge in [-0.15, -0.1) is 0 Å². The first-order chi connectivity index (χ1) is 12.1. The zero-order valence-corrected chi connectivity index (χ0v) is 15.0. The molecule has 1 aliphatic heterocycles. The van der Waals surface area contributed by atoms with Crippen molar-refractivity contribution in [2.24, 2.45) is 0 Å². The van der Waals surface area contributed by atoms with Crippen molar-refractivity contribution in [3.63, 3.8) is 0 Å². The smallest absolute Gasteiger partial charge is 0.266 e. The lowest BCUT2D eigenvalue weighted by atomic mass is 10.2. The molecule has 2 aliphatic rings. The Bertz CT molecular complexity index is 868. The van der Waals surface area contributed by atoms with Crippen molar-refractivity contribution in [3.8, 4) is 11.3 Å². The van der Waals surface area contributed by atoms with E-state index in [9.17, 15) is 9.18 Å². The van der Waals surface area contributed by atoms with Gasteiger partial charge in [0.25, 0.3) is 5.91 Å². The van der Waals surface area contributed by atoms with Crippen molar-refractivity contribution in [2.45, 2.75) is 31.7 Å². The Kier molecular flexibility index (Phi) is 4.48. The van der Waals surface area contributed by atoms with E-state index in [0.29, 0.717) is 26.3 Å². The standard InChI is InChI=1S/C19H16FNO2S2/c20-13-5-3-4-12(10-13)16-9-8-15(23-16)11-17-18(22)21(19(24)25-17)14-6-1-2-7-14/h3-5,8-11,14H,1-2,6-7H2/b17-11+. The zero-order valence-electron chi connectivity index (χ0n) is 13.4.